The van der Waals surface area contributed by atoms with Crippen LogP contribution in [0.15, 0.2) is 51.7 Å². The second-order valence-corrected chi connectivity index (χ2v) is 6.88. The Morgan fingerprint density at radius 1 is 1.21 bits per heavy atom. The molecule has 1 unspecified atom stereocenters. The Labute approximate surface area is 170 Å². The van der Waals surface area contributed by atoms with E-state index in [1.165, 1.54) is 13.0 Å². The molecule has 150 valence electrons. The largest absolute Gasteiger partial charge is 0.484 e. The van der Waals surface area contributed by atoms with E-state index in [1.54, 1.807) is 43.3 Å². The van der Waals surface area contributed by atoms with Crippen molar-refractivity contribution in [1.29, 1.82) is 0 Å². The van der Waals surface area contributed by atoms with Gasteiger partial charge in [-0.15, -0.1) is 0 Å². The van der Waals surface area contributed by atoms with Crippen molar-refractivity contribution in [2.24, 2.45) is 0 Å². The number of hydrogen-bond acceptors (Lipinski definition) is 5. The Morgan fingerprint density at radius 2 is 1.90 bits per heavy atom. The highest BCUT2D eigenvalue weighted by atomic mass is 35.5. The average Bonchev–Trinajstić information content (AvgIpc) is 2.67. The Balaban J connectivity index is 1.85. The summed E-state index contributed by atoms with van der Waals surface area (Å²) in [7, 11) is 0. The first kappa shape index (κ1) is 20.4. The van der Waals surface area contributed by atoms with Crippen LogP contribution in [0.3, 0.4) is 0 Å². The number of aliphatic carboxylic acids is 1. The number of amides is 1. The fraction of sp³-hybridized carbons (Fsp3) is 0.190. The minimum Gasteiger partial charge on any atom is -0.484 e. The fourth-order valence-corrected chi connectivity index (χ4v) is 2.95. The smallest absolute Gasteiger partial charge is 0.325 e. The first-order chi connectivity index (χ1) is 13.8. The maximum absolute atomic E-state index is 12.9. The molecule has 0 spiro atoms. The number of halogens is 1. The zero-order chi connectivity index (χ0) is 21.1. The van der Waals surface area contributed by atoms with E-state index in [0.717, 1.165) is 0 Å². The van der Waals surface area contributed by atoms with E-state index >= 15 is 0 Å². The van der Waals surface area contributed by atoms with Crippen LogP contribution in [0.1, 0.15) is 12.7 Å². The van der Waals surface area contributed by atoms with Crippen LogP contribution >= 0.6 is 11.6 Å². The average molecular weight is 416 g/mol. The number of fused-ring (bicyclic) bond motifs is 1. The van der Waals surface area contributed by atoms with Crippen molar-refractivity contribution in [3.63, 3.8) is 0 Å². The third kappa shape index (κ3) is 4.57. The van der Waals surface area contributed by atoms with Crippen molar-refractivity contribution < 1.29 is 23.8 Å². The lowest BCUT2D eigenvalue weighted by Gasteiger charge is -2.11. The van der Waals surface area contributed by atoms with E-state index in [-0.39, 0.29) is 12.0 Å². The van der Waals surface area contributed by atoms with E-state index in [0.29, 0.717) is 38.6 Å². The molecule has 3 rings (SSSR count). The van der Waals surface area contributed by atoms with Gasteiger partial charge in [0.1, 0.15) is 23.1 Å². The van der Waals surface area contributed by atoms with Crippen LogP contribution in [0.4, 0.5) is 0 Å². The minimum atomic E-state index is -1.14. The predicted octanol–water partition coefficient (Wildman–Crippen LogP) is 3.39. The first-order valence-corrected chi connectivity index (χ1v) is 9.12. The van der Waals surface area contributed by atoms with Crippen molar-refractivity contribution in [3.05, 3.63) is 63.5 Å². The Hall–Kier alpha value is -3.32. The summed E-state index contributed by atoms with van der Waals surface area (Å²) in [5.41, 5.74) is 1.28. The lowest BCUT2D eigenvalue weighted by atomic mass is 10.0. The number of nitrogens with one attached hydrogen (secondary N) is 1. The summed E-state index contributed by atoms with van der Waals surface area (Å²) in [6.45, 7) is 2.68. The number of ether oxygens (including phenoxy) is 1. The molecule has 29 heavy (non-hydrogen) atoms. The molecule has 7 nitrogen and oxygen atoms in total. The fourth-order valence-electron chi connectivity index (χ4n) is 2.82. The van der Waals surface area contributed by atoms with E-state index in [4.69, 9.17) is 25.9 Å². The molecule has 8 heteroatoms. The molecule has 3 aromatic rings. The number of carbonyl (C=O) groups excluding carboxylic acids is 1. The topological polar surface area (TPSA) is 106 Å². The van der Waals surface area contributed by atoms with Gasteiger partial charge in [-0.3, -0.25) is 14.4 Å². The van der Waals surface area contributed by atoms with E-state index < -0.39 is 17.9 Å². The summed E-state index contributed by atoms with van der Waals surface area (Å²) in [4.78, 5) is 35.5. The highest BCUT2D eigenvalue weighted by Gasteiger charge is 2.16. The first-order valence-electron chi connectivity index (χ1n) is 8.74. The van der Waals surface area contributed by atoms with Gasteiger partial charge in [0.15, 0.2) is 6.61 Å². The van der Waals surface area contributed by atoms with Crippen LogP contribution in [0.25, 0.3) is 22.1 Å². The van der Waals surface area contributed by atoms with Gasteiger partial charge in [-0.2, -0.15) is 0 Å². The molecule has 2 N–H and O–H groups in total. The molecule has 0 aliphatic heterocycles. The van der Waals surface area contributed by atoms with Crippen LogP contribution in [0, 0.1) is 6.92 Å². The molecule has 0 aliphatic rings. The van der Waals surface area contributed by atoms with Gasteiger partial charge in [0, 0.05) is 11.1 Å². The zero-order valence-electron chi connectivity index (χ0n) is 15.7. The van der Waals surface area contributed by atoms with Gasteiger partial charge in [-0.05, 0) is 43.7 Å². The van der Waals surface area contributed by atoms with Crippen molar-refractivity contribution in [1.82, 2.24) is 5.32 Å². The Bertz CT molecular complexity index is 1140. The van der Waals surface area contributed by atoms with Crippen molar-refractivity contribution in [2.75, 3.05) is 6.61 Å². The molecule has 1 atom stereocenters. The molecular weight excluding hydrogens is 398 g/mol. The third-order valence-electron chi connectivity index (χ3n) is 4.29. The number of hydrogen-bond donors (Lipinski definition) is 2. The zero-order valence-corrected chi connectivity index (χ0v) is 16.4. The molecule has 0 fully saturated rings. The summed E-state index contributed by atoms with van der Waals surface area (Å²) in [5, 5.41) is 12.0. The van der Waals surface area contributed by atoms with Gasteiger partial charge in [-0.25, -0.2) is 0 Å². The van der Waals surface area contributed by atoms with Crippen LogP contribution < -0.4 is 15.5 Å². The maximum atomic E-state index is 12.9. The van der Waals surface area contributed by atoms with Crippen LogP contribution in [-0.4, -0.2) is 29.6 Å². The number of carboxylic acids is 1. The van der Waals surface area contributed by atoms with Crippen LogP contribution in [0.5, 0.6) is 5.75 Å². The summed E-state index contributed by atoms with van der Waals surface area (Å²) >= 11 is 5.91. The molecule has 0 aliphatic carbocycles. The van der Waals surface area contributed by atoms with Gasteiger partial charge >= 0.3 is 5.97 Å². The second-order valence-electron chi connectivity index (χ2n) is 6.44. The maximum Gasteiger partial charge on any atom is 0.325 e. The number of aryl methyl sites for hydroxylation is 1. The summed E-state index contributed by atoms with van der Waals surface area (Å²) in [5.74, 6) is -0.957. The SMILES string of the molecule is Cc1oc2cc(OCC(=O)NC(C)C(=O)O)ccc2c(=O)c1-c1ccc(Cl)cc1. The highest BCUT2D eigenvalue weighted by molar-refractivity contribution is 6.30. The highest BCUT2D eigenvalue weighted by Crippen LogP contribution is 2.27. The van der Waals surface area contributed by atoms with Gasteiger partial charge in [-0.1, -0.05) is 23.7 Å². The van der Waals surface area contributed by atoms with Crippen molar-refractivity contribution in [2.45, 2.75) is 19.9 Å². The molecule has 0 radical (unpaired) electrons. The summed E-state index contributed by atoms with van der Waals surface area (Å²) in [6.07, 6.45) is 0. The molecule has 1 aromatic heterocycles. The molecule has 0 bridgehead atoms. The number of carboxylic acid groups (broad SMARTS) is 1. The number of carbonyl (C=O) groups is 2. The summed E-state index contributed by atoms with van der Waals surface area (Å²) in [6, 6.07) is 10.5. The quantitative estimate of drug-likeness (QED) is 0.639. The van der Waals surface area contributed by atoms with Gasteiger partial charge in [0.2, 0.25) is 5.43 Å². The van der Waals surface area contributed by atoms with Gasteiger partial charge in [0.05, 0.1) is 10.9 Å². The standard InChI is InChI=1S/C21H18ClNO6/c1-11(21(26)27)23-18(24)10-28-15-7-8-16-17(9-15)29-12(2)19(20(16)25)13-3-5-14(22)6-4-13/h3-9,11H,10H2,1-2H3,(H,23,24)(H,26,27). The Kier molecular flexibility index (Phi) is 5.89. The molecular formula is C21H18ClNO6. The lowest BCUT2D eigenvalue weighted by Crippen LogP contribution is -2.40. The molecule has 2 aromatic carbocycles. The van der Waals surface area contributed by atoms with Gasteiger partial charge < -0.3 is 19.6 Å². The van der Waals surface area contributed by atoms with Crippen LogP contribution in [0.2, 0.25) is 5.02 Å². The molecule has 1 heterocycles. The second kappa shape index (κ2) is 8.36. The van der Waals surface area contributed by atoms with E-state index in [9.17, 15) is 14.4 Å². The van der Waals surface area contributed by atoms with Crippen LogP contribution in [-0.2, 0) is 9.59 Å². The summed E-state index contributed by atoms with van der Waals surface area (Å²) < 4.78 is 11.2. The van der Waals surface area contributed by atoms with Gasteiger partial charge in [0.25, 0.3) is 5.91 Å². The predicted molar refractivity (Wildman–Crippen MR) is 108 cm³/mol. The lowest BCUT2D eigenvalue weighted by molar-refractivity contribution is -0.141. The normalized spacial score (nSPS) is 11.8. The minimum absolute atomic E-state index is 0.189. The molecule has 0 saturated heterocycles. The van der Waals surface area contributed by atoms with Crippen molar-refractivity contribution in [3.8, 4) is 16.9 Å². The monoisotopic (exact) mass is 415 g/mol. The molecule has 0 saturated carbocycles. The number of rotatable bonds is 6. The van der Waals surface area contributed by atoms with Crippen molar-refractivity contribution >= 4 is 34.4 Å². The third-order valence-corrected chi connectivity index (χ3v) is 4.54. The molecule has 1 amide bonds. The van der Waals surface area contributed by atoms with E-state index in [1.807, 2.05) is 0 Å². The van der Waals surface area contributed by atoms with E-state index in [2.05, 4.69) is 5.32 Å². The Morgan fingerprint density at radius 3 is 2.55 bits per heavy atom. The number of benzene rings is 2.